The Morgan fingerprint density at radius 1 is 1.17 bits per heavy atom. The van der Waals surface area contributed by atoms with Crippen LogP contribution in [-0.4, -0.2) is 18.6 Å². The van der Waals surface area contributed by atoms with E-state index in [0.717, 1.165) is 11.1 Å². The van der Waals surface area contributed by atoms with Gasteiger partial charge in [-0.1, -0.05) is 49.7 Å². The average molecular weight is 429 g/mol. The summed E-state index contributed by atoms with van der Waals surface area (Å²) in [5.74, 6) is 0.374. The largest absolute Gasteiger partial charge is 0.489 e. The molecule has 1 atom stereocenters. The van der Waals surface area contributed by atoms with E-state index in [9.17, 15) is 9.59 Å². The second-order valence-electron chi connectivity index (χ2n) is 7.55. The topological polar surface area (TPSA) is 76.7 Å². The van der Waals surface area contributed by atoms with Crippen LogP contribution in [0.1, 0.15) is 37.9 Å². The van der Waals surface area contributed by atoms with Crippen molar-refractivity contribution in [2.75, 3.05) is 6.61 Å². The summed E-state index contributed by atoms with van der Waals surface area (Å²) in [5.41, 5.74) is 2.52. The molecule has 1 aliphatic rings. The van der Waals surface area contributed by atoms with Crippen LogP contribution in [0.4, 0.5) is 4.79 Å². The Morgan fingerprint density at radius 2 is 1.93 bits per heavy atom. The molecular formula is C23H25ClN2O4. The molecule has 0 saturated heterocycles. The Labute approximate surface area is 181 Å². The predicted molar refractivity (Wildman–Crippen MR) is 115 cm³/mol. The molecule has 1 heterocycles. The highest BCUT2D eigenvalue weighted by Gasteiger charge is 2.32. The number of allylic oxidation sites excluding steroid dienone is 1. The van der Waals surface area contributed by atoms with Crippen molar-refractivity contribution < 1.29 is 19.1 Å². The van der Waals surface area contributed by atoms with Gasteiger partial charge in [-0.15, -0.1) is 0 Å². The maximum absolute atomic E-state index is 12.7. The molecule has 6 nitrogen and oxygen atoms in total. The van der Waals surface area contributed by atoms with Crippen LogP contribution < -0.4 is 15.4 Å². The first kappa shape index (κ1) is 21.7. The van der Waals surface area contributed by atoms with Crippen molar-refractivity contribution in [1.82, 2.24) is 10.6 Å². The summed E-state index contributed by atoms with van der Waals surface area (Å²) < 4.78 is 11.3. The molecule has 30 heavy (non-hydrogen) atoms. The van der Waals surface area contributed by atoms with E-state index < -0.39 is 12.0 Å². The summed E-state index contributed by atoms with van der Waals surface area (Å²) in [4.78, 5) is 24.8. The van der Waals surface area contributed by atoms with E-state index in [1.54, 1.807) is 13.0 Å². The lowest BCUT2D eigenvalue weighted by Gasteiger charge is -2.28. The average Bonchev–Trinajstić information content (AvgIpc) is 2.70. The molecule has 0 saturated carbocycles. The number of rotatable bonds is 7. The summed E-state index contributed by atoms with van der Waals surface area (Å²) in [6, 6.07) is 13.7. The zero-order valence-electron chi connectivity index (χ0n) is 17.2. The molecule has 0 radical (unpaired) electrons. The summed E-state index contributed by atoms with van der Waals surface area (Å²) in [7, 11) is 0. The van der Waals surface area contributed by atoms with Crippen LogP contribution in [0.5, 0.6) is 5.75 Å². The molecule has 2 aromatic carbocycles. The Bertz CT molecular complexity index is 971. The Hall–Kier alpha value is -2.99. The molecule has 2 amide bonds. The molecule has 0 fully saturated rings. The fraction of sp³-hybridized carbons (Fsp3) is 0.304. The summed E-state index contributed by atoms with van der Waals surface area (Å²) in [5, 5.41) is 6.10. The minimum absolute atomic E-state index is 0.211. The smallest absolute Gasteiger partial charge is 0.338 e. The summed E-state index contributed by atoms with van der Waals surface area (Å²) in [6.07, 6.45) is 0. The molecule has 2 aromatic rings. The van der Waals surface area contributed by atoms with Crippen molar-refractivity contribution in [3.8, 4) is 5.75 Å². The third-order valence-electron chi connectivity index (χ3n) is 4.52. The van der Waals surface area contributed by atoms with Crippen molar-refractivity contribution in [3.63, 3.8) is 0 Å². The van der Waals surface area contributed by atoms with E-state index in [0.29, 0.717) is 35.3 Å². The van der Waals surface area contributed by atoms with Crippen LogP contribution in [0.2, 0.25) is 5.02 Å². The highest BCUT2D eigenvalue weighted by atomic mass is 35.5. The number of carbonyl (C=O) groups is 2. The number of ether oxygens (including phenoxy) is 2. The van der Waals surface area contributed by atoms with Crippen molar-refractivity contribution in [3.05, 3.63) is 76.0 Å². The third kappa shape index (κ3) is 5.54. The van der Waals surface area contributed by atoms with Crippen LogP contribution in [0.3, 0.4) is 0 Å². The summed E-state index contributed by atoms with van der Waals surface area (Å²) in [6.45, 7) is 6.28. The first-order valence-corrected chi connectivity index (χ1v) is 10.1. The van der Waals surface area contributed by atoms with Gasteiger partial charge in [-0.05, 0) is 48.2 Å². The fourth-order valence-electron chi connectivity index (χ4n) is 3.11. The number of nitrogens with one attached hydrogen (secondary N) is 2. The second-order valence-corrected chi connectivity index (χ2v) is 7.99. The van der Waals surface area contributed by atoms with Crippen molar-refractivity contribution in [2.24, 2.45) is 5.92 Å². The van der Waals surface area contributed by atoms with E-state index in [-0.39, 0.29) is 11.9 Å². The lowest BCUT2D eigenvalue weighted by molar-refractivity contribution is -0.140. The lowest BCUT2D eigenvalue weighted by atomic mass is 9.95. The minimum atomic E-state index is -0.631. The number of urea groups is 1. The van der Waals surface area contributed by atoms with Gasteiger partial charge in [0.1, 0.15) is 12.4 Å². The van der Waals surface area contributed by atoms with Gasteiger partial charge in [0.05, 0.1) is 18.2 Å². The van der Waals surface area contributed by atoms with Crippen LogP contribution in [0.15, 0.2) is 59.8 Å². The van der Waals surface area contributed by atoms with Crippen molar-refractivity contribution in [2.45, 2.75) is 33.4 Å². The van der Waals surface area contributed by atoms with E-state index in [1.807, 2.05) is 56.3 Å². The quantitative estimate of drug-likeness (QED) is 0.624. The molecule has 2 N–H and O–H groups in total. The van der Waals surface area contributed by atoms with Gasteiger partial charge in [-0.3, -0.25) is 0 Å². The van der Waals surface area contributed by atoms with Crippen LogP contribution >= 0.6 is 11.6 Å². The fourth-order valence-corrected chi connectivity index (χ4v) is 3.32. The molecule has 0 bridgehead atoms. The van der Waals surface area contributed by atoms with Gasteiger partial charge in [0.2, 0.25) is 0 Å². The Morgan fingerprint density at radius 3 is 2.67 bits per heavy atom. The lowest BCUT2D eigenvalue weighted by Crippen LogP contribution is -2.45. The zero-order valence-corrected chi connectivity index (χ0v) is 18.0. The van der Waals surface area contributed by atoms with Crippen molar-refractivity contribution >= 4 is 23.6 Å². The van der Waals surface area contributed by atoms with Crippen LogP contribution in [-0.2, 0) is 16.1 Å². The third-order valence-corrected chi connectivity index (χ3v) is 4.76. The van der Waals surface area contributed by atoms with Crippen LogP contribution in [0, 0.1) is 5.92 Å². The number of hydrogen-bond acceptors (Lipinski definition) is 4. The normalized spacial score (nSPS) is 16.2. The number of esters is 1. The molecule has 1 aliphatic heterocycles. The van der Waals surface area contributed by atoms with Gasteiger partial charge < -0.3 is 20.1 Å². The first-order valence-electron chi connectivity index (χ1n) is 9.76. The van der Waals surface area contributed by atoms with Gasteiger partial charge in [-0.2, -0.15) is 0 Å². The molecule has 7 heteroatoms. The molecular weight excluding hydrogens is 404 g/mol. The van der Waals surface area contributed by atoms with Crippen LogP contribution in [0.25, 0.3) is 0 Å². The number of amides is 2. The number of carbonyl (C=O) groups excluding carboxylic acids is 2. The van der Waals surface area contributed by atoms with E-state index in [4.69, 9.17) is 21.1 Å². The maximum atomic E-state index is 12.7. The highest BCUT2D eigenvalue weighted by molar-refractivity contribution is 6.30. The second kappa shape index (κ2) is 9.67. The van der Waals surface area contributed by atoms with Gasteiger partial charge >= 0.3 is 12.0 Å². The summed E-state index contributed by atoms with van der Waals surface area (Å²) >= 11 is 6.02. The number of hydrogen-bond donors (Lipinski definition) is 2. The standard InChI is InChI=1S/C23H25ClN2O4/c1-14(2)12-30-22(27)20-15(3)25-23(28)26-21(20)17-7-5-9-19(11-17)29-13-16-6-4-8-18(24)10-16/h4-11,14,21H,12-13H2,1-3H3,(H2,25,26,28). The molecule has 0 aromatic heterocycles. The maximum Gasteiger partial charge on any atom is 0.338 e. The van der Waals surface area contributed by atoms with E-state index in [2.05, 4.69) is 10.6 Å². The van der Waals surface area contributed by atoms with Gasteiger partial charge in [0, 0.05) is 10.7 Å². The predicted octanol–water partition coefficient (Wildman–Crippen LogP) is 4.75. The highest BCUT2D eigenvalue weighted by Crippen LogP contribution is 2.30. The van der Waals surface area contributed by atoms with E-state index in [1.165, 1.54) is 0 Å². The van der Waals surface area contributed by atoms with Gasteiger partial charge in [0.25, 0.3) is 0 Å². The van der Waals surface area contributed by atoms with Gasteiger partial charge in [-0.25, -0.2) is 9.59 Å². The monoisotopic (exact) mass is 428 g/mol. The minimum Gasteiger partial charge on any atom is -0.489 e. The Balaban J connectivity index is 1.81. The number of benzene rings is 2. The molecule has 3 rings (SSSR count). The SMILES string of the molecule is CC1=C(C(=O)OCC(C)C)C(c2cccc(OCc3cccc(Cl)c3)c2)NC(=O)N1. The molecule has 158 valence electrons. The number of halogens is 1. The Kier molecular flexibility index (Phi) is 7.00. The van der Waals surface area contributed by atoms with Crippen molar-refractivity contribution in [1.29, 1.82) is 0 Å². The van der Waals surface area contributed by atoms with Gasteiger partial charge in [0.15, 0.2) is 0 Å². The molecule has 0 spiro atoms. The zero-order chi connectivity index (χ0) is 21.7. The first-order chi connectivity index (χ1) is 14.3. The molecule has 0 aliphatic carbocycles. The molecule has 1 unspecified atom stereocenters. The van der Waals surface area contributed by atoms with E-state index >= 15 is 0 Å².